The van der Waals surface area contributed by atoms with E-state index < -0.39 is 0 Å². The van der Waals surface area contributed by atoms with Gasteiger partial charge < -0.3 is 15.5 Å². The molecule has 1 saturated heterocycles. The highest BCUT2D eigenvalue weighted by molar-refractivity contribution is 5.87. The van der Waals surface area contributed by atoms with E-state index in [0.29, 0.717) is 38.3 Å². The summed E-state index contributed by atoms with van der Waals surface area (Å²) in [5, 5.41) is 0. The van der Waals surface area contributed by atoms with E-state index in [2.05, 4.69) is 6.58 Å². The van der Waals surface area contributed by atoms with Gasteiger partial charge in [-0.05, 0) is 23.8 Å². The van der Waals surface area contributed by atoms with Crippen LogP contribution in [0, 0.1) is 0 Å². The maximum Gasteiger partial charge on any atom is 0.246 e. The molecule has 1 aromatic carbocycles. The molecule has 1 aliphatic heterocycles. The van der Waals surface area contributed by atoms with Crippen LogP contribution < -0.4 is 5.73 Å². The van der Waals surface area contributed by atoms with Gasteiger partial charge in [-0.25, -0.2) is 0 Å². The fraction of sp³-hybridized carbons (Fsp3) is 0.333. The molecule has 5 heteroatoms. The smallest absolute Gasteiger partial charge is 0.246 e. The van der Waals surface area contributed by atoms with Gasteiger partial charge in [-0.3, -0.25) is 9.59 Å². The molecule has 1 aromatic rings. The number of rotatable bonds is 3. The van der Waals surface area contributed by atoms with Crippen LogP contribution in [0.2, 0.25) is 0 Å². The van der Waals surface area contributed by atoms with Gasteiger partial charge in [0.1, 0.15) is 0 Å². The van der Waals surface area contributed by atoms with Gasteiger partial charge in [-0.15, -0.1) is 0 Å². The maximum absolute atomic E-state index is 12.2. The molecule has 0 radical (unpaired) electrons. The van der Waals surface area contributed by atoms with Crippen molar-refractivity contribution in [2.24, 2.45) is 0 Å². The number of nitrogens with zero attached hydrogens (tertiary/aromatic N) is 2. The summed E-state index contributed by atoms with van der Waals surface area (Å²) in [7, 11) is 0. The summed E-state index contributed by atoms with van der Waals surface area (Å²) in [6.45, 7) is 5.74. The number of nitrogen functional groups attached to an aromatic ring is 1. The highest BCUT2D eigenvalue weighted by Crippen LogP contribution is 2.10. The second-order valence-electron chi connectivity index (χ2n) is 4.83. The van der Waals surface area contributed by atoms with Crippen LogP contribution >= 0.6 is 0 Å². The van der Waals surface area contributed by atoms with Crippen LogP contribution in [0.25, 0.3) is 0 Å². The van der Waals surface area contributed by atoms with Gasteiger partial charge in [-0.2, -0.15) is 0 Å². The minimum Gasteiger partial charge on any atom is -0.399 e. The summed E-state index contributed by atoms with van der Waals surface area (Å²) in [6.07, 6.45) is 1.66. The highest BCUT2D eigenvalue weighted by atomic mass is 16.2. The van der Waals surface area contributed by atoms with E-state index in [-0.39, 0.29) is 11.8 Å². The second-order valence-corrected chi connectivity index (χ2v) is 4.83. The Morgan fingerprint density at radius 2 is 1.85 bits per heavy atom. The van der Waals surface area contributed by atoms with E-state index in [4.69, 9.17) is 5.73 Å². The van der Waals surface area contributed by atoms with Gasteiger partial charge in [0.2, 0.25) is 11.8 Å². The van der Waals surface area contributed by atoms with E-state index in [9.17, 15) is 9.59 Å². The molecule has 5 nitrogen and oxygen atoms in total. The number of hydrogen-bond acceptors (Lipinski definition) is 3. The first-order valence-corrected chi connectivity index (χ1v) is 6.63. The highest BCUT2D eigenvalue weighted by Gasteiger charge is 2.22. The predicted molar refractivity (Wildman–Crippen MR) is 77.9 cm³/mol. The molecule has 2 N–H and O–H groups in total. The van der Waals surface area contributed by atoms with Crippen molar-refractivity contribution in [2.45, 2.75) is 6.42 Å². The molecule has 0 unspecified atom stereocenters. The molecule has 1 fully saturated rings. The van der Waals surface area contributed by atoms with Crippen molar-refractivity contribution in [3.05, 3.63) is 42.5 Å². The number of carbonyl (C=O) groups is 2. The van der Waals surface area contributed by atoms with E-state index in [1.807, 2.05) is 18.2 Å². The molecule has 2 rings (SSSR count). The third-order valence-corrected chi connectivity index (χ3v) is 3.43. The van der Waals surface area contributed by atoms with Gasteiger partial charge in [0.05, 0.1) is 6.42 Å². The van der Waals surface area contributed by atoms with Gasteiger partial charge in [0.25, 0.3) is 0 Å². The summed E-state index contributed by atoms with van der Waals surface area (Å²) >= 11 is 0. The summed E-state index contributed by atoms with van der Waals surface area (Å²) < 4.78 is 0. The largest absolute Gasteiger partial charge is 0.399 e. The van der Waals surface area contributed by atoms with Crippen LogP contribution in [0.4, 0.5) is 5.69 Å². The van der Waals surface area contributed by atoms with Crippen molar-refractivity contribution in [2.75, 3.05) is 31.9 Å². The Morgan fingerprint density at radius 1 is 1.20 bits per heavy atom. The SMILES string of the molecule is C=CC(=O)N1CCN(C(=O)Cc2cccc(N)c2)CC1. The van der Waals surface area contributed by atoms with Gasteiger partial charge in [0, 0.05) is 31.9 Å². The summed E-state index contributed by atoms with van der Waals surface area (Å²) in [5.74, 6) is -0.00534. The number of benzene rings is 1. The molecule has 0 aliphatic carbocycles. The average Bonchev–Trinajstić information content (AvgIpc) is 2.46. The van der Waals surface area contributed by atoms with Crippen LogP contribution in [0.5, 0.6) is 0 Å². The summed E-state index contributed by atoms with van der Waals surface area (Å²) in [6, 6.07) is 7.35. The molecule has 0 saturated carbocycles. The number of hydrogen-bond donors (Lipinski definition) is 1. The normalized spacial score (nSPS) is 15.0. The first kappa shape index (κ1) is 14.1. The van der Waals surface area contributed by atoms with Crippen LogP contribution in [0.3, 0.4) is 0 Å². The van der Waals surface area contributed by atoms with Crippen LogP contribution in [-0.4, -0.2) is 47.8 Å². The predicted octanol–water partition coefficient (Wildman–Crippen LogP) is 0.668. The van der Waals surface area contributed by atoms with Gasteiger partial charge in [0.15, 0.2) is 0 Å². The lowest BCUT2D eigenvalue weighted by molar-refractivity contribution is -0.136. The fourth-order valence-electron chi connectivity index (χ4n) is 2.29. The zero-order valence-corrected chi connectivity index (χ0v) is 11.4. The summed E-state index contributed by atoms with van der Waals surface area (Å²) in [4.78, 5) is 27.1. The van der Waals surface area contributed by atoms with E-state index >= 15 is 0 Å². The molecule has 106 valence electrons. The lowest BCUT2D eigenvalue weighted by Gasteiger charge is -2.34. The van der Waals surface area contributed by atoms with E-state index in [1.54, 1.807) is 15.9 Å². The molecular weight excluding hydrogens is 254 g/mol. The first-order chi connectivity index (χ1) is 9.60. The van der Waals surface area contributed by atoms with Crippen molar-refractivity contribution in [1.82, 2.24) is 9.80 Å². The zero-order chi connectivity index (χ0) is 14.5. The summed E-state index contributed by atoms with van der Waals surface area (Å²) in [5.41, 5.74) is 7.28. The van der Waals surface area contributed by atoms with Crippen LogP contribution in [0.1, 0.15) is 5.56 Å². The Hall–Kier alpha value is -2.30. The molecule has 20 heavy (non-hydrogen) atoms. The number of nitrogens with two attached hydrogens (primary N) is 1. The van der Waals surface area contributed by atoms with E-state index in [0.717, 1.165) is 5.56 Å². The lowest BCUT2D eigenvalue weighted by Crippen LogP contribution is -2.50. The monoisotopic (exact) mass is 273 g/mol. The Labute approximate surface area is 118 Å². The topological polar surface area (TPSA) is 66.6 Å². The quantitative estimate of drug-likeness (QED) is 0.650. The van der Waals surface area contributed by atoms with Gasteiger partial charge >= 0.3 is 0 Å². The number of piperazine rings is 1. The number of carbonyl (C=O) groups excluding carboxylic acids is 2. The molecule has 1 aliphatic rings. The van der Waals surface area contributed by atoms with Crippen molar-refractivity contribution in [3.8, 4) is 0 Å². The standard InChI is InChI=1S/C15H19N3O2/c1-2-14(19)17-6-8-18(9-7-17)15(20)11-12-4-3-5-13(16)10-12/h2-5,10H,1,6-9,11,16H2. The Balaban J connectivity index is 1.89. The second kappa shape index (κ2) is 6.23. The Morgan fingerprint density at radius 3 is 2.45 bits per heavy atom. The number of anilines is 1. The van der Waals surface area contributed by atoms with Crippen molar-refractivity contribution >= 4 is 17.5 Å². The van der Waals surface area contributed by atoms with Crippen molar-refractivity contribution in [3.63, 3.8) is 0 Å². The minimum absolute atomic E-state index is 0.0707. The number of amides is 2. The van der Waals surface area contributed by atoms with Crippen molar-refractivity contribution < 1.29 is 9.59 Å². The average molecular weight is 273 g/mol. The fourth-order valence-corrected chi connectivity index (χ4v) is 2.29. The molecule has 2 amide bonds. The molecule has 0 atom stereocenters. The minimum atomic E-state index is -0.0760. The maximum atomic E-state index is 12.2. The van der Waals surface area contributed by atoms with Gasteiger partial charge in [-0.1, -0.05) is 18.7 Å². The Kier molecular flexibility index (Phi) is 4.40. The zero-order valence-electron chi connectivity index (χ0n) is 11.4. The van der Waals surface area contributed by atoms with Crippen LogP contribution in [0.15, 0.2) is 36.9 Å². The lowest BCUT2D eigenvalue weighted by atomic mass is 10.1. The third kappa shape index (κ3) is 3.38. The molecule has 0 aromatic heterocycles. The molecule has 0 bridgehead atoms. The molecule has 1 heterocycles. The Bertz CT molecular complexity index is 520. The molecular formula is C15H19N3O2. The van der Waals surface area contributed by atoms with Crippen LogP contribution in [-0.2, 0) is 16.0 Å². The first-order valence-electron chi connectivity index (χ1n) is 6.63. The molecule has 0 spiro atoms. The third-order valence-electron chi connectivity index (χ3n) is 3.43. The van der Waals surface area contributed by atoms with E-state index in [1.165, 1.54) is 6.08 Å². The van der Waals surface area contributed by atoms with Crippen molar-refractivity contribution in [1.29, 1.82) is 0 Å².